The zero-order valence-electron chi connectivity index (χ0n) is 14.7. The summed E-state index contributed by atoms with van der Waals surface area (Å²) in [6.07, 6.45) is 0. The van der Waals surface area contributed by atoms with E-state index in [2.05, 4.69) is 11.9 Å². The van der Waals surface area contributed by atoms with E-state index < -0.39 is 0 Å². The van der Waals surface area contributed by atoms with Crippen molar-refractivity contribution in [2.45, 2.75) is 6.92 Å². The van der Waals surface area contributed by atoms with Crippen molar-refractivity contribution >= 4 is 23.2 Å². The largest absolute Gasteiger partial charge is 0.496 e. The van der Waals surface area contributed by atoms with Crippen molar-refractivity contribution in [3.8, 4) is 11.5 Å². The number of rotatable bonds is 5. The van der Waals surface area contributed by atoms with Gasteiger partial charge in [-0.15, -0.1) is 0 Å². The second kappa shape index (κ2) is 7.31. The smallest absolute Gasteiger partial charge is 0.265 e. The van der Waals surface area contributed by atoms with Crippen LogP contribution in [0.2, 0.25) is 0 Å². The van der Waals surface area contributed by atoms with Crippen molar-refractivity contribution in [2.24, 2.45) is 0 Å². The standard InChI is InChI=1S/C20H20N2O4/c1-13(2)11-22-16-10-14(8-9-18(16)26-12-19(22)23)21-20(24)15-6-4-5-7-17(15)25-3/h4-10H,1,11-12H2,2-3H3,(H,21,24). The summed E-state index contributed by atoms with van der Waals surface area (Å²) >= 11 is 0. The number of fused-ring (bicyclic) bond motifs is 1. The fraction of sp³-hybridized carbons (Fsp3) is 0.200. The first-order chi connectivity index (χ1) is 12.5. The number of nitrogens with zero attached hydrogens (tertiary/aromatic N) is 1. The lowest BCUT2D eigenvalue weighted by molar-refractivity contribution is -0.121. The van der Waals surface area contributed by atoms with Gasteiger partial charge in [-0.2, -0.15) is 0 Å². The molecule has 26 heavy (non-hydrogen) atoms. The van der Waals surface area contributed by atoms with Gasteiger partial charge in [-0.1, -0.05) is 24.3 Å². The molecule has 0 spiro atoms. The molecule has 3 rings (SSSR count). The summed E-state index contributed by atoms with van der Waals surface area (Å²) in [4.78, 5) is 26.4. The van der Waals surface area contributed by atoms with Gasteiger partial charge < -0.3 is 19.7 Å². The molecule has 0 unspecified atom stereocenters. The first kappa shape index (κ1) is 17.5. The number of hydrogen-bond donors (Lipinski definition) is 1. The molecule has 0 bridgehead atoms. The molecule has 2 aromatic carbocycles. The molecule has 6 heteroatoms. The number of carbonyl (C=O) groups excluding carboxylic acids is 2. The monoisotopic (exact) mass is 352 g/mol. The van der Waals surface area contributed by atoms with Crippen LogP contribution in [0.5, 0.6) is 11.5 Å². The Kier molecular flexibility index (Phi) is 4.93. The Morgan fingerprint density at radius 2 is 2.08 bits per heavy atom. The molecule has 0 aromatic heterocycles. The normalized spacial score (nSPS) is 12.8. The molecule has 0 fully saturated rings. The lowest BCUT2D eigenvalue weighted by Gasteiger charge is -2.30. The van der Waals surface area contributed by atoms with Crippen LogP contribution >= 0.6 is 0 Å². The van der Waals surface area contributed by atoms with E-state index in [1.54, 1.807) is 47.4 Å². The van der Waals surface area contributed by atoms with Crippen LogP contribution < -0.4 is 19.7 Å². The molecule has 1 aliphatic rings. The number of anilines is 2. The summed E-state index contributed by atoms with van der Waals surface area (Å²) in [6, 6.07) is 12.2. The summed E-state index contributed by atoms with van der Waals surface area (Å²) in [7, 11) is 1.52. The highest BCUT2D eigenvalue weighted by Gasteiger charge is 2.26. The predicted octanol–water partition coefficient (Wildman–Crippen LogP) is 3.25. The van der Waals surface area contributed by atoms with E-state index in [0.29, 0.717) is 35.0 Å². The number of methoxy groups -OCH3 is 1. The number of benzene rings is 2. The molecule has 1 N–H and O–H groups in total. The predicted molar refractivity (Wildman–Crippen MR) is 100 cm³/mol. The summed E-state index contributed by atoms with van der Waals surface area (Å²) in [5, 5.41) is 2.84. The maximum absolute atomic E-state index is 12.6. The summed E-state index contributed by atoms with van der Waals surface area (Å²) in [5.41, 5.74) is 2.46. The first-order valence-corrected chi connectivity index (χ1v) is 8.15. The number of carbonyl (C=O) groups is 2. The number of hydrogen-bond acceptors (Lipinski definition) is 4. The molecule has 2 aromatic rings. The molecule has 134 valence electrons. The van der Waals surface area contributed by atoms with E-state index in [1.165, 1.54) is 7.11 Å². The third kappa shape index (κ3) is 3.54. The van der Waals surface area contributed by atoms with Gasteiger partial charge in [0, 0.05) is 12.2 Å². The Morgan fingerprint density at radius 3 is 2.81 bits per heavy atom. The van der Waals surface area contributed by atoms with Crippen LogP contribution in [0.4, 0.5) is 11.4 Å². The summed E-state index contributed by atoms with van der Waals surface area (Å²) in [6.45, 7) is 6.12. The van der Waals surface area contributed by atoms with Gasteiger partial charge in [-0.05, 0) is 37.3 Å². The Morgan fingerprint density at radius 1 is 1.31 bits per heavy atom. The Balaban J connectivity index is 1.88. The first-order valence-electron chi connectivity index (χ1n) is 8.15. The average molecular weight is 352 g/mol. The molecule has 0 saturated heterocycles. The second-order valence-corrected chi connectivity index (χ2v) is 6.06. The van der Waals surface area contributed by atoms with E-state index >= 15 is 0 Å². The van der Waals surface area contributed by atoms with Crippen molar-refractivity contribution < 1.29 is 19.1 Å². The zero-order valence-corrected chi connectivity index (χ0v) is 14.7. The topological polar surface area (TPSA) is 67.9 Å². The maximum Gasteiger partial charge on any atom is 0.265 e. The van der Waals surface area contributed by atoms with Crippen molar-refractivity contribution in [2.75, 3.05) is 30.5 Å². The van der Waals surface area contributed by atoms with Crippen LogP contribution in [-0.4, -0.2) is 32.1 Å². The van der Waals surface area contributed by atoms with Crippen molar-refractivity contribution in [1.82, 2.24) is 0 Å². The van der Waals surface area contributed by atoms with Gasteiger partial charge >= 0.3 is 0 Å². The van der Waals surface area contributed by atoms with Gasteiger partial charge in [0.05, 0.1) is 18.4 Å². The maximum atomic E-state index is 12.6. The van der Waals surface area contributed by atoms with Gasteiger partial charge in [-0.25, -0.2) is 0 Å². The van der Waals surface area contributed by atoms with Crippen molar-refractivity contribution in [3.05, 3.63) is 60.2 Å². The fourth-order valence-corrected chi connectivity index (χ4v) is 2.75. The van der Waals surface area contributed by atoms with Gasteiger partial charge in [0.25, 0.3) is 11.8 Å². The molecule has 0 aliphatic carbocycles. The number of amides is 2. The third-order valence-corrected chi connectivity index (χ3v) is 3.94. The highest BCUT2D eigenvalue weighted by molar-refractivity contribution is 6.07. The van der Waals surface area contributed by atoms with E-state index in [0.717, 1.165) is 5.57 Å². The van der Waals surface area contributed by atoms with Gasteiger partial charge in [0.2, 0.25) is 0 Å². The highest BCUT2D eigenvalue weighted by Crippen LogP contribution is 2.35. The SMILES string of the molecule is C=C(C)CN1C(=O)COc2ccc(NC(=O)c3ccccc3OC)cc21. The quantitative estimate of drug-likeness (QED) is 0.839. The number of ether oxygens (including phenoxy) is 2. The van der Waals surface area contributed by atoms with Crippen molar-refractivity contribution in [1.29, 1.82) is 0 Å². The van der Waals surface area contributed by atoms with Gasteiger partial charge in [-0.3, -0.25) is 9.59 Å². The minimum Gasteiger partial charge on any atom is -0.496 e. The summed E-state index contributed by atoms with van der Waals surface area (Å²) in [5.74, 6) is 0.650. The van der Waals surface area contributed by atoms with Gasteiger partial charge in [0.1, 0.15) is 11.5 Å². The number of nitrogens with one attached hydrogen (secondary N) is 1. The highest BCUT2D eigenvalue weighted by atomic mass is 16.5. The number of para-hydroxylation sites is 1. The molecular formula is C20H20N2O4. The second-order valence-electron chi connectivity index (χ2n) is 6.06. The average Bonchev–Trinajstić information content (AvgIpc) is 2.64. The zero-order chi connectivity index (χ0) is 18.7. The Labute approximate surface area is 152 Å². The Hall–Kier alpha value is -3.28. The van der Waals surface area contributed by atoms with Crippen molar-refractivity contribution in [3.63, 3.8) is 0 Å². The molecule has 1 heterocycles. The van der Waals surface area contributed by atoms with Gasteiger partial charge in [0.15, 0.2) is 6.61 Å². The van der Waals surface area contributed by atoms with Crippen LogP contribution in [0.3, 0.4) is 0 Å². The van der Waals surface area contributed by atoms with Crippen LogP contribution in [0, 0.1) is 0 Å². The molecule has 2 amide bonds. The van der Waals surface area contributed by atoms with E-state index in [1.807, 2.05) is 6.92 Å². The molecule has 1 aliphatic heterocycles. The van der Waals surface area contributed by atoms with Crippen LogP contribution in [0.15, 0.2) is 54.6 Å². The van der Waals surface area contributed by atoms with E-state index in [4.69, 9.17) is 9.47 Å². The van der Waals surface area contributed by atoms with Crippen LogP contribution in [-0.2, 0) is 4.79 Å². The molecule has 6 nitrogen and oxygen atoms in total. The Bertz CT molecular complexity index is 876. The lowest BCUT2D eigenvalue weighted by Crippen LogP contribution is -2.39. The lowest BCUT2D eigenvalue weighted by atomic mass is 10.1. The molecule has 0 radical (unpaired) electrons. The minimum absolute atomic E-state index is 0.00675. The minimum atomic E-state index is -0.295. The van der Waals surface area contributed by atoms with E-state index in [9.17, 15) is 9.59 Å². The molecule has 0 saturated carbocycles. The van der Waals surface area contributed by atoms with Crippen LogP contribution in [0.25, 0.3) is 0 Å². The molecule has 0 atom stereocenters. The summed E-state index contributed by atoms with van der Waals surface area (Å²) < 4.78 is 10.7. The third-order valence-electron chi connectivity index (χ3n) is 3.94. The van der Waals surface area contributed by atoms with Crippen LogP contribution in [0.1, 0.15) is 17.3 Å². The molecular weight excluding hydrogens is 332 g/mol. The fourth-order valence-electron chi connectivity index (χ4n) is 2.75. The van der Waals surface area contributed by atoms with E-state index in [-0.39, 0.29) is 18.4 Å².